The van der Waals surface area contributed by atoms with E-state index in [4.69, 9.17) is 4.42 Å². The van der Waals surface area contributed by atoms with Gasteiger partial charge in [-0.3, -0.25) is 24.7 Å². The normalized spacial score (nSPS) is 16.0. The van der Waals surface area contributed by atoms with Gasteiger partial charge in [-0.1, -0.05) is 18.2 Å². The van der Waals surface area contributed by atoms with Gasteiger partial charge < -0.3 is 4.42 Å². The highest BCUT2D eigenvalue weighted by molar-refractivity contribution is 8.19. The maximum absolute atomic E-state index is 12.6. The van der Waals surface area contributed by atoms with Gasteiger partial charge in [0.05, 0.1) is 28.4 Å². The number of anilines is 1. The number of aromatic nitrogens is 1. The molecule has 0 radical (unpaired) electrons. The third kappa shape index (κ3) is 2.74. The summed E-state index contributed by atoms with van der Waals surface area (Å²) in [6.07, 6.45) is 2.77. The molecule has 9 heteroatoms. The Bertz CT molecular complexity index is 1100. The fourth-order valence-corrected chi connectivity index (χ4v) is 3.34. The molecule has 3 heterocycles. The number of hydrogen-bond donors (Lipinski definition) is 0. The minimum atomic E-state index is -0.677. The van der Waals surface area contributed by atoms with Gasteiger partial charge in [-0.2, -0.15) is 0 Å². The van der Waals surface area contributed by atoms with Crippen molar-refractivity contribution in [1.29, 1.82) is 0 Å². The Morgan fingerprint density at radius 3 is 2.77 bits per heavy atom. The summed E-state index contributed by atoms with van der Waals surface area (Å²) < 4.78 is 5.01. The molecule has 0 bridgehead atoms. The average molecular weight is 367 g/mol. The number of benzene rings is 1. The summed E-state index contributed by atoms with van der Waals surface area (Å²) in [5.74, 6) is -0.843. The molecule has 0 N–H and O–H groups in total. The van der Waals surface area contributed by atoms with E-state index in [1.165, 1.54) is 24.4 Å². The Morgan fingerprint density at radius 1 is 1.19 bits per heavy atom. The first kappa shape index (κ1) is 16.0. The molecule has 0 unspecified atom stereocenters. The number of hydrogen-bond acceptors (Lipinski definition) is 7. The smallest absolute Gasteiger partial charge is 0.401 e. The van der Waals surface area contributed by atoms with Gasteiger partial charge in [-0.15, -0.1) is 0 Å². The second-order valence-corrected chi connectivity index (χ2v) is 6.33. The monoisotopic (exact) mass is 367 g/mol. The number of para-hydroxylation sites is 1. The molecule has 26 heavy (non-hydrogen) atoms. The molecule has 2 amide bonds. The molecule has 0 aliphatic carbocycles. The van der Waals surface area contributed by atoms with E-state index in [2.05, 4.69) is 4.98 Å². The third-order valence-electron chi connectivity index (χ3n) is 3.69. The number of amides is 2. The molecule has 1 aliphatic heterocycles. The number of nitro groups is 1. The zero-order chi connectivity index (χ0) is 18.3. The largest absolute Gasteiger partial charge is 0.433 e. The van der Waals surface area contributed by atoms with Crippen LogP contribution in [0.4, 0.5) is 16.4 Å². The van der Waals surface area contributed by atoms with Gasteiger partial charge in [0.15, 0.2) is 0 Å². The number of imide groups is 1. The van der Waals surface area contributed by atoms with Crippen LogP contribution in [0.2, 0.25) is 0 Å². The van der Waals surface area contributed by atoms with Crippen molar-refractivity contribution in [3.63, 3.8) is 0 Å². The van der Waals surface area contributed by atoms with E-state index in [9.17, 15) is 19.7 Å². The molecule has 1 aliphatic rings. The summed E-state index contributed by atoms with van der Waals surface area (Å²) in [6, 6.07) is 11.6. The maximum atomic E-state index is 12.6. The third-order valence-corrected chi connectivity index (χ3v) is 4.56. The van der Waals surface area contributed by atoms with Crippen molar-refractivity contribution in [2.75, 3.05) is 4.90 Å². The van der Waals surface area contributed by atoms with Crippen molar-refractivity contribution in [2.24, 2.45) is 0 Å². The molecule has 2 aromatic heterocycles. The first-order valence-corrected chi connectivity index (χ1v) is 8.21. The second kappa shape index (κ2) is 6.12. The van der Waals surface area contributed by atoms with Crippen molar-refractivity contribution in [3.8, 4) is 0 Å². The molecule has 3 aromatic rings. The molecular weight excluding hydrogens is 358 g/mol. The fourth-order valence-electron chi connectivity index (χ4n) is 2.52. The Kier molecular flexibility index (Phi) is 3.77. The van der Waals surface area contributed by atoms with Crippen LogP contribution in [-0.2, 0) is 4.79 Å². The van der Waals surface area contributed by atoms with E-state index in [-0.39, 0.29) is 10.7 Å². The molecule has 0 saturated carbocycles. The van der Waals surface area contributed by atoms with Crippen molar-refractivity contribution < 1.29 is 18.9 Å². The van der Waals surface area contributed by atoms with E-state index in [1.807, 2.05) is 24.3 Å². The average Bonchev–Trinajstić information content (AvgIpc) is 3.20. The molecule has 4 rings (SSSR count). The number of pyridine rings is 1. The summed E-state index contributed by atoms with van der Waals surface area (Å²) in [5, 5.41) is 11.0. The van der Waals surface area contributed by atoms with Crippen molar-refractivity contribution in [2.45, 2.75) is 0 Å². The number of fused-ring (bicyclic) bond motifs is 1. The van der Waals surface area contributed by atoms with Gasteiger partial charge in [0.25, 0.3) is 11.1 Å². The predicted octanol–water partition coefficient (Wildman–Crippen LogP) is 3.98. The quantitative estimate of drug-likeness (QED) is 0.391. The Morgan fingerprint density at radius 2 is 2.00 bits per heavy atom. The van der Waals surface area contributed by atoms with Crippen LogP contribution in [0.1, 0.15) is 5.76 Å². The number of furan rings is 1. The number of nitrogens with zero attached hydrogens (tertiary/aromatic N) is 3. The van der Waals surface area contributed by atoms with Crippen LogP contribution in [-0.4, -0.2) is 21.1 Å². The highest BCUT2D eigenvalue weighted by Gasteiger charge is 2.37. The fraction of sp³-hybridized carbons (Fsp3) is 0. The standard InChI is InChI=1S/C17H9N3O5S/c21-16-14(8-12-5-6-15(25-12)20(23)24)26-17(22)19(16)11-7-10-3-1-2-4-13(10)18-9-11/h1-9H/b14-8-. The van der Waals surface area contributed by atoms with Crippen molar-refractivity contribution >= 4 is 51.5 Å². The molecule has 1 saturated heterocycles. The summed E-state index contributed by atoms with van der Waals surface area (Å²) in [4.78, 5) is 40.3. The van der Waals surface area contributed by atoms with E-state index in [0.717, 1.165) is 27.6 Å². The minimum Gasteiger partial charge on any atom is -0.401 e. The highest BCUT2D eigenvalue weighted by atomic mass is 32.2. The lowest BCUT2D eigenvalue weighted by Crippen LogP contribution is -2.27. The van der Waals surface area contributed by atoms with Crippen LogP contribution >= 0.6 is 11.8 Å². The molecule has 0 atom stereocenters. The van der Waals surface area contributed by atoms with Crippen molar-refractivity contribution in [3.05, 3.63) is 69.4 Å². The van der Waals surface area contributed by atoms with Crippen LogP contribution in [0.3, 0.4) is 0 Å². The Hall–Kier alpha value is -3.46. The lowest BCUT2D eigenvalue weighted by Gasteiger charge is -2.12. The summed E-state index contributed by atoms with van der Waals surface area (Å²) in [5.41, 5.74) is 1.11. The zero-order valence-electron chi connectivity index (χ0n) is 13.0. The van der Waals surface area contributed by atoms with Crippen LogP contribution in [0.5, 0.6) is 0 Å². The van der Waals surface area contributed by atoms with E-state index >= 15 is 0 Å². The number of carbonyl (C=O) groups excluding carboxylic acids is 2. The van der Waals surface area contributed by atoms with Gasteiger partial charge in [-0.05, 0) is 30.0 Å². The second-order valence-electron chi connectivity index (χ2n) is 5.34. The van der Waals surface area contributed by atoms with E-state index in [0.29, 0.717) is 5.69 Å². The van der Waals surface area contributed by atoms with Crippen molar-refractivity contribution in [1.82, 2.24) is 4.98 Å². The van der Waals surface area contributed by atoms with Crippen LogP contribution in [0, 0.1) is 10.1 Å². The molecule has 0 spiro atoms. The Labute approximate surface area is 150 Å². The van der Waals surface area contributed by atoms with Gasteiger partial charge in [0, 0.05) is 11.5 Å². The van der Waals surface area contributed by atoms with Gasteiger partial charge in [-0.25, -0.2) is 4.90 Å². The predicted molar refractivity (Wildman–Crippen MR) is 95.6 cm³/mol. The SMILES string of the molecule is O=C1S/C(=C\c2ccc([N+](=O)[O-])o2)C(=O)N1c1cnc2ccccc2c1. The number of thioether (sulfide) groups is 1. The first-order chi connectivity index (χ1) is 12.5. The van der Waals surface area contributed by atoms with Gasteiger partial charge >= 0.3 is 5.88 Å². The zero-order valence-corrected chi connectivity index (χ0v) is 13.8. The Balaban J connectivity index is 1.67. The molecule has 1 aromatic carbocycles. The van der Waals surface area contributed by atoms with Crippen LogP contribution in [0.25, 0.3) is 17.0 Å². The summed E-state index contributed by atoms with van der Waals surface area (Å²) in [7, 11) is 0. The summed E-state index contributed by atoms with van der Waals surface area (Å²) in [6.45, 7) is 0. The number of rotatable bonds is 3. The first-order valence-electron chi connectivity index (χ1n) is 7.40. The van der Waals surface area contributed by atoms with Gasteiger partial charge in [0.2, 0.25) is 0 Å². The lowest BCUT2D eigenvalue weighted by atomic mass is 10.2. The van der Waals surface area contributed by atoms with E-state index in [1.54, 1.807) is 6.07 Å². The maximum Gasteiger partial charge on any atom is 0.433 e. The lowest BCUT2D eigenvalue weighted by molar-refractivity contribution is -0.402. The molecule has 128 valence electrons. The minimum absolute atomic E-state index is 0.118. The van der Waals surface area contributed by atoms with Crippen LogP contribution in [0.15, 0.2) is 58.0 Å². The molecule has 8 nitrogen and oxygen atoms in total. The molecule has 1 fully saturated rings. The van der Waals surface area contributed by atoms with E-state index < -0.39 is 22.0 Å². The topological polar surface area (TPSA) is 107 Å². The van der Waals surface area contributed by atoms with Crippen LogP contribution < -0.4 is 4.90 Å². The highest BCUT2D eigenvalue weighted by Crippen LogP contribution is 2.36. The van der Waals surface area contributed by atoms with Gasteiger partial charge in [0.1, 0.15) is 10.7 Å². The molecular formula is C17H9N3O5S. The summed E-state index contributed by atoms with van der Waals surface area (Å²) >= 11 is 0.735. The number of carbonyl (C=O) groups is 2.